The van der Waals surface area contributed by atoms with Crippen molar-refractivity contribution in [1.82, 2.24) is 0 Å². The van der Waals surface area contributed by atoms with E-state index in [1.165, 1.54) is 51.4 Å². The molecule has 1 unspecified atom stereocenters. The van der Waals surface area contributed by atoms with Crippen LogP contribution in [0.15, 0.2) is 48.6 Å². The summed E-state index contributed by atoms with van der Waals surface area (Å²) >= 11 is 0. The molecule has 0 heterocycles. The Labute approximate surface area is 309 Å². The van der Waals surface area contributed by atoms with E-state index in [0.29, 0.717) is 19.3 Å². The summed E-state index contributed by atoms with van der Waals surface area (Å²) in [5, 5.41) is 18.3. The summed E-state index contributed by atoms with van der Waals surface area (Å²) in [6.07, 6.45) is 36.6. The van der Waals surface area contributed by atoms with Gasteiger partial charge in [-0.1, -0.05) is 127 Å². The van der Waals surface area contributed by atoms with E-state index in [1.807, 2.05) is 6.08 Å². The Morgan fingerprint density at radius 2 is 1.06 bits per heavy atom. The molecule has 0 bridgehead atoms. The quantitative estimate of drug-likeness (QED) is 0.0245. The molecule has 0 aliphatic carbocycles. The van der Waals surface area contributed by atoms with Crippen LogP contribution >= 0.6 is 7.82 Å². The normalized spacial score (nSPS) is 14.5. The Morgan fingerprint density at radius 1 is 0.588 bits per heavy atom. The van der Waals surface area contributed by atoms with E-state index < -0.39 is 51.8 Å². The van der Waals surface area contributed by atoms with Crippen LogP contribution in [-0.4, -0.2) is 65.7 Å². The maximum absolute atomic E-state index is 12.5. The van der Waals surface area contributed by atoms with E-state index in [-0.39, 0.29) is 19.4 Å². The molecule has 0 saturated carbocycles. The SMILES string of the molecule is CCCC/C=C/CCCCCCCC(=O)OC[C@H](COP(=O)(O)OC[C@@H](O)CO)OC(=O)CCC/C=C/C/C=C/C/C=C/CCCCCCCC. The van der Waals surface area contributed by atoms with Crippen LogP contribution in [0.3, 0.4) is 0 Å². The van der Waals surface area contributed by atoms with Gasteiger partial charge in [0, 0.05) is 12.8 Å². The summed E-state index contributed by atoms with van der Waals surface area (Å²) in [6, 6.07) is 0. The van der Waals surface area contributed by atoms with Gasteiger partial charge in [0.25, 0.3) is 0 Å². The molecule has 0 radical (unpaired) electrons. The fourth-order valence-electron chi connectivity index (χ4n) is 4.87. The lowest BCUT2D eigenvalue weighted by atomic mass is 10.1. The number of rotatable bonds is 36. The van der Waals surface area contributed by atoms with Crippen LogP contribution in [0.1, 0.15) is 155 Å². The number of ether oxygens (including phenoxy) is 2. The van der Waals surface area contributed by atoms with Gasteiger partial charge in [-0.05, 0) is 64.2 Å². The molecule has 11 heteroatoms. The van der Waals surface area contributed by atoms with Crippen molar-refractivity contribution in [3.8, 4) is 0 Å². The molecule has 0 aliphatic heterocycles. The van der Waals surface area contributed by atoms with Crippen molar-refractivity contribution in [1.29, 1.82) is 0 Å². The van der Waals surface area contributed by atoms with Crippen molar-refractivity contribution in [2.45, 2.75) is 167 Å². The first-order valence-electron chi connectivity index (χ1n) is 19.6. The van der Waals surface area contributed by atoms with Gasteiger partial charge in [0.2, 0.25) is 0 Å². The summed E-state index contributed by atoms with van der Waals surface area (Å²) in [4.78, 5) is 34.8. The van der Waals surface area contributed by atoms with Gasteiger partial charge in [-0.25, -0.2) is 4.57 Å². The second-order valence-corrected chi connectivity index (χ2v) is 14.4. The smallest absolute Gasteiger partial charge is 0.462 e. The number of allylic oxidation sites excluding steroid dienone is 8. The van der Waals surface area contributed by atoms with Crippen molar-refractivity contribution in [2.24, 2.45) is 0 Å². The highest BCUT2D eigenvalue weighted by molar-refractivity contribution is 7.47. The lowest BCUT2D eigenvalue weighted by Crippen LogP contribution is -2.29. The summed E-state index contributed by atoms with van der Waals surface area (Å²) in [5.41, 5.74) is 0. The van der Waals surface area contributed by atoms with Gasteiger partial charge in [0.15, 0.2) is 6.10 Å². The van der Waals surface area contributed by atoms with Gasteiger partial charge in [-0.3, -0.25) is 18.6 Å². The van der Waals surface area contributed by atoms with Gasteiger partial charge in [0.1, 0.15) is 12.7 Å². The van der Waals surface area contributed by atoms with E-state index >= 15 is 0 Å². The standard InChI is InChI=1S/C40H71O10P/c1-3-5-7-9-11-13-15-16-17-18-19-20-22-24-26-28-30-32-40(44)50-38(36-49-51(45,46)48-34-37(42)33-41)35-47-39(43)31-29-27-25-23-21-14-12-10-8-6-4-2/h10,12,16-17,19-20,24,26,37-38,41-42H,3-9,11,13-15,18,21-23,25,27-36H2,1-2H3,(H,45,46)/b12-10+,17-16+,20-19+,26-24+/t37-,38+/m0/s1. The molecule has 0 aromatic carbocycles. The number of carbonyl (C=O) groups is 2. The zero-order chi connectivity index (χ0) is 37.7. The van der Waals surface area contributed by atoms with Crippen LogP contribution in [0.2, 0.25) is 0 Å². The molecule has 0 spiro atoms. The number of phosphoric acid groups is 1. The lowest BCUT2D eigenvalue weighted by Gasteiger charge is -2.20. The predicted molar refractivity (Wildman–Crippen MR) is 205 cm³/mol. The van der Waals surface area contributed by atoms with Crippen LogP contribution in [-0.2, 0) is 32.7 Å². The van der Waals surface area contributed by atoms with Gasteiger partial charge >= 0.3 is 19.8 Å². The van der Waals surface area contributed by atoms with E-state index in [1.54, 1.807) is 0 Å². The molecule has 3 atom stereocenters. The average Bonchev–Trinajstić information content (AvgIpc) is 3.12. The summed E-state index contributed by atoms with van der Waals surface area (Å²) in [5.74, 6) is -1.00. The van der Waals surface area contributed by atoms with Crippen molar-refractivity contribution >= 4 is 19.8 Å². The Balaban J connectivity index is 4.46. The van der Waals surface area contributed by atoms with Crippen molar-refractivity contribution < 1.29 is 47.8 Å². The molecular weight excluding hydrogens is 671 g/mol. The molecule has 0 saturated heterocycles. The van der Waals surface area contributed by atoms with Crippen LogP contribution in [0.4, 0.5) is 0 Å². The monoisotopic (exact) mass is 742 g/mol. The number of unbranched alkanes of at least 4 members (excludes halogenated alkanes) is 14. The maximum Gasteiger partial charge on any atom is 0.472 e. The number of phosphoric ester groups is 1. The summed E-state index contributed by atoms with van der Waals surface area (Å²) in [7, 11) is -4.63. The van der Waals surface area contributed by atoms with Crippen LogP contribution in [0.25, 0.3) is 0 Å². The highest BCUT2D eigenvalue weighted by Crippen LogP contribution is 2.43. The minimum absolute atomic E-state index is 0.110. The van der Waals surface area contributed by atoms with Crippen molar-refractivity contribution in [3.05, 3.63) is 48.6 Å². The van der Waals surface area contributed by atoms with Gasteiger partial charge < -0.3 is 24.6 Å². The Bertz CT molecular complexity index is 994. The molecule has 10 nitrogen and oxygen atoms in total. The minimum Gasteiger partial charge on any atom is -0.462 e. The van der Waals surface area contributed by atoms with Crippen LogP contribution < -0.4 is 0 Å². The molecule has 296 valence electrons. The molecule has 0 aromatic heterocycles. The number of esters is 2. The largest absolute Gasteiger partial charge is 0.472 e. The second kappa shape index (κ2) is 36.3. The molecule has 0 aliphatic rings. The summed E-state index contributed by atoms with van der Waals surface area (Å²) < 4.78 is 32.5. The summed E-state index contributed by atoms with van der Waals surface area (Å²) in [6.45, 7) is 2.24. The Kier molecular flexibility index (Phi) is 34.8. The first-order chi connectivity index (χ1) is 24.7. The molecule has 0 aromatic rings. The zero-order valence-corrected chi connectivity index (χ0v) is 32.7. The van der Waals surface area contributed by atoms with Crippen LogP contribution in [0.5, 0.6) is 0 Å². The fourth-order valence-corrected chi connectivity index (χ4v) is 5.66. The fraction of sp³-hybridized carbons (Fsp3) is 0.750. The third kappa shape index (κ3) is 36.1. The van der Waals surface area contributed by atoms with Gasteiger partial charge in [0.05, 0.1) is 19.8 Å². The first-order valence-corrected chi connectivity index (χ1v) is 21.1. The van der Waals surface area contributed by atoms with Crippen molar-refractivity contribution in [3.63, 3.8) is 0 Å². The van der Waals surface area contributed by atoms with E-state index in [4.69, 9.17) is 19.1 Å². The third-order valence-corrected chi connectivity index (χ3v) is 8.91. The van der Waals surface area contributed by atoms with Crippen LogP contribution in [0, 0.1) is 0 Å². The molecule has 0 fully saturated rings. The average molecular weight is 743 g/mol. The first kappa shape index (κ1) is 48.9. The Morgan fingerprint density at radius 3 is 1.67 bits per heavy atom. The molecule has 0 amide bonds. The molecule has 3 N–H and O–H groups in total. The number of aliphatic hydroxyl groups is 2. The molecular formula is C40H71O10P. The molecule has 0 rings (SSSR count). The maximum atomic E-state index is 12.5. The number of hydrogen-bond acceptors (Lipinski definition) is 9. The van der Waals surface area contributed by atoms with Gasteiger partial charge in [-0.2, -0.15) is 0 Å². The zero-order valence-electron chi connectivity index (χ0n) is 31.8. The highest BCUT2D eigenvalue weighted by atomic mass is 31.2. The topological polar surface area (TPSA) is 149 Å². The number of carbonyl (C=O) groups excluding carboxylic acids is 2. The third-order valence-electron chi connectivity index (χ3n) is 7.96. The number of hydrogen-bond donors (Lipinski definition) is 3. The minimum atomic E-state index is -4.63. The lowest BCUT2D eigenvalue weighted by molar-refractivity contribution is -0.161. The van der Waals surface area contributed by atoms with E-state index in [9.17, 15) is 24.2 Å². The van der Waals surface area contributed by atoms with Crippen molar-refractivity contribution in [2.75, 3.05) is 26.4 Å². The van der Waals surface area contributed by atoms with Gasteiger partial charge in [-0.15, -0.1) is 0 Å². The second-order valence-electron chi connectivity index (χ2n) is 12.9. The number of aliphatic hydroxyl groups excluding tert-OH is 2. The van der Waals surface area contributed by atoms with E-state index in [0.717, 1.165) is 57.8 Å². The highest BCUT2D eigenvalue weighted by Gasteiger charge is 2.27. The Hall–Kier alpha value is -2.07. The molecule has 51 heavy (non-hydrogen) atoms. The van der Waals surface area contributed by atoms with E-state index in [2.05, 4.69) is 60.9 Å². The predicted octanol–water partition coefficient (Wildman–Crippen LogP) is 9.78.